The van der Waals surface area contributed by atoms with Gasteiger partial charge >= 0.3 is 5.97 Å². The lowest BCUT2D eigenvalue weighted by molar-refractivity contribution is -0.132. The third kappa shape index (κ3) is 6.15. The number of H-pyrrole nitrogens is 1. The number of ether oxygens (including phenoxy) is 2. The van der Waals surface area contributed by atoms with E-state index in [1.54, 1.807) is 19.1 Å². The Hall–Kier alpha value is -4.31. The maximum absolute atomic E-state index is 12.1. The topological polar surface area (TPSA) is 157 Å². The molecule has 0 saturated carbocycles. The first-order valence-electron chi connectivity index (χ1n) is 12.6. The van der Waals surface area contributed by atoms with Crippen molar-refractivity contribution >= 4 is 23.6 Å². The van der Waals surface area contributed by atoms with Crippen LogP contribution in [0.5, 0.6) is 11.5 Å². The molecule has 200 valence electrons. The van der Waals surface area contributed by atoms with Crippen LogP contribution < -0.4 is 26.5 Å². The summed E-state index contributed by atoms with van der Waals surface area (Å²) in [5, 5.41) is 9.45. The number of nitrogen functional groups attached to an aromatic ring is 2. The van der Waals surface area contributed by atoms with Crippen LogP contribution in [0.15, 0.2) is 46.8 Å². The third-order valence-corrected chi connectivity index (χ3v) is 6.44. The van der Waals surface area contributed by atoms with Crippen LogP contribution in [-0.4, -0.2) is 58.8 Å². The highest BCUT2D eigenvalue weighted by Gasteiger charge is 2.16. The van der Waals surface area contributed by atoms with Crippen molar-refractivity contribution in [2.24, 2.45) is 0 Å². The number of nitrogens with two attached hydrogens (primary N) is 2. The number of hydrogen-bond acceptors (Lipinski definition) is 8. The molecule has 0 unspecified atom stereocenters. The summed E-state index contributed by atoms with van der Waals surface area (Å²) in [7, 11) is 0. The molecule has 0 radical (unpaired) electrons. The number of aliphatic carboxylic acids is 1. The summed E-state index contributed by atoms with van der Waals surface area (Å²) in [6, 6.07) is 11.2. The van der Waals surface area contributed by atoms with Crippen LogP contribution in [0.25, 0.3) is 28.6 Å². The van der Waals surface area contributed by atoms with E-state index in [1.165, 1.54) is 12.8 Å². The SMILES string of the molecule is CCOc1cc(-c2ccc(OCCN3CCCC3)c(/C=C(\C)C(=O)O)c2)ccc1-c1nc(N)c(N)c(=O)[nH]1. The molecule has 1 fully saturated rings. The van der Waals surface area contributed by atoms with Gasteiger partial charge in [0.1, 0.15) is 29.6 Å². The summed E-state index contributed by atoms with van der Waals surface area (Å²) in [6.07, 6.45) is 4.03. The van der Waals surface area contributed by atoms with E-state index in [2.05, 4.69) is 14.9 Å². The number of hydrogen-bond donors (Lipinski definition) is 4. The van der Waals surface area contributed by atoms with Crippen molar-refractivity contribution in [1.29, 1.82) is 0 Å². The summed E-state index contributed by atoms with van der Waals surface area (Å²) in [5.74, 6) is 0.321. The number of rotatable bonds is 10. The molecule has 1 aliphatic rings. The van der Waals surface area contributed by atoms with Gasteiger partial charge in [-0.1, -0.05) is 12.1 Å². The van der Waals surface area contributed by atoms with Crippen molar-refractivity contribution < 1.29 is 19.4 Å². The first-order valence-corrected chi connectivity index (χ1v) is 12.6. The van der Waals surface area contributed by atoms with Gasteiger partial charge in [0.15, 0.2) is 5.82 Å². The number of nitrogens with one attached hydrogen (secondary N) is 1. The van der Waals surface area contributed by atoms with Crippen LogP contribution >= 0.6 is 0 Å². The Labute approximate surface area is 220 Å². The van der Waals surface area contributed by atoms with Crippen molar-refractivity contribution in [2.45, 2.75) is 26.7 Å². The fourth-order valence-electron chi connectivity index (χ4n) is 4.36. The molecule has 0 atom stereocenters. The molecule has 10 heteroatoms. The second-order valence-corrected chi connectivity index (χ2v) is 9.14. The van der Waals surface area contributed by atoms with Gasteiger partial charge in [0.2, 0.25) is 0 Å². The molecule has 1 aliphatic heterocycles. The highest BCUT2D eigenvalue weighted by atomic mass is 16.5. The molecule has 0 spiro atoms. The maximum Gasteiger partial charge on any atom is 0.331 e. The average molecular weight is 520 g/mol. The lowest BCUT2D eigenvalue weighted by Gasteiger charge is -2.17. The Morgan fingerprint density at radius 1 is 1.11 bits per heavy atom. The van der Waals surface area contributed by atoms with Crippen LogP contribution in [0.3, 0.4) is 0 Å². The zero-order valence-corrected chi connectivity index (χ0v) is 21.6. The summed E-state index contributed by atoms with van der Waals surface area (Å²) < 4.78 is 11.9. The average Bonchev–Trinajstić information content (AvgIpc) is 3.41. The van der Waals surface area contributed by atoms with Crippen molar-refractivity contribution in [3.05, 3.63) is 57.9 Å². The van der Waals surface area contributed by atoms with Gasteiger partial charge in [-0.25, -0.2) is 9.78 Å². The number of aromatic nitrogens is 2. The van der Waals surface area contributed by atoms with E-state index < -0.39 is 11.5 Å². The van der Waals surface area contributed by atoms with Crippen molar-refractivity contribution in [3.8, 4) is 34.0 Å². The van der Waals surface area contributed by atoms with Gasteiger partial charge in [0.25, 0.3) is 5.56 Å². The van der Waals surface area contributed by atoms with E-state index in [0.717, 1.165) is 30.8 Å². The number of carboxylic acids is 1. The molecule has 38 heavy (non-hydrogen) atoms. The lowest BCUT2D eigenvalue weighted by Crippen LogP contribution is -2.25. The number of benzene rings is 2. The fraction of sp³-hybridized carbons (Fsp3) is 0.321. The normalized spacial score (nSPS) is 14.0. The van der Waals surface area contributed by atoms with Crippen molar-refractivity contribution in [2.75, 3.05) is 44.3 Å². The highest BCUT2D eigenvalue weighted by Crippen LogP contribution is 2.35. The van der Waals surface area contributed by atoms with Crippen LogP contribution in [0.4, 0.5) is 11.5 Å². The van der Waals surface area contributed by atoms with E-state index in [4.69, 9.17) is 20.9 Å². The molecule has 6 N–H and O–H groups in total. The van der Waals surface area contributed by atoms with Crippen LogP contribution in [-0.2, 0) is 4.79 Å². The van der Waals surface area contributed by atoms with E-state index in [0.29, 0.717) is 35.8 Å². The Bertz CT molecular complexity index is 1410. The molecule has 0 aliphatic carbocycles. The minimum absolute atomic E-state index is 0.0548. The minimum Gasteiger partial charge on any atom is -0.493 e. The standard InChI is InChI=1S/C28H33N5O5/c1-3-37-23-16-19(6-8-21(23)26-31-25(30)24(29)27(34)32-26)18-7-9-22(20(15-18)14-17(2)28(35)36)38-13-12-33-10-4-5-11-33/h6-9,14-16H,3-5,10-13,29H2,1-2H3,(H,35,36)(H3,30,31,32,34)/b17-14+. The van der Waals surface area contributed by atoms with Gasteiger partial charge in [-0.15, -0.1) is 0 Å². The molecule has 1 aromatic heterocycles. The van der Waals surface area contributed by atoms with Crippen LogP contribution in [0, 0.1) is 0 Å². The van der Waals surface area contributed by atoms with Gasteiger partial charge in [0.05, 0.1) is 12.2 Å². The largest absolute Gasteiger partial charge is 0.493 e. The van der Waals surface area contributed by atoms with Gasteiger partial charge in [-0.2, -0.15) is 0 Å². The first kappa shape index (κ1) is 26.7. The Kier molecular flexibility index (Phi) is 8.32. The van der Waals surface area contributed by atoms with Gasteiger partial charge in [-0.05, 0) is 81.2 Å². The minimum atomic E-state index is -0.995. The lowest BCUT2D eigenvalue weighted by atomic mass is 9.99. The molecule has 1 saturated heterocycles. The van der Waals surface area contributed by atoms with E-state index >= 15 is 0 Å². The summed E-state index contributed by atoms with van der Waals surface area (Å²) in [4.78, 5) is 32.9. The van der Waals surface area contributed by atoms with E-state index in [-0.39, 0.29) is 22.9 Å². The molecule has 0 bridgehead atoms. The first-order chi connectivity index (χ1) is 18.3. The Morgan fingerprint density at radius 2 is 1.82 bits per heavy atom. The molecule has 3 aromatic rings. The highest BCUT2D eigenvalue weighted by molar-refractivity contribution is 5.92. The zero-order chi connectivity index (χ0) is 27.2. The molecule has 0 amide bonds. The quantitative estimate of drug-likeness (QED) is 0.294. The Morgan fingerprint density at radius 3 is 2.50 bits per heavy atom. The molecule has 2 aromatic carbocycles. The summed E-state index contributed by atoms with van der Waals surface area (Å²) in [6.45, 7) is 7.31. The maximum atomic E-state index is 12.1. The predicted octanol–water partition coefficient (Wildman–Crippen LogP) is 3.63. The fourth-order valence-corrected chi connectivity index (χ4v) is 4.36. The molecule has 10 nitrogen and oxygen atoms in total. The second kappa shape index (κ2) is 11.8. The number of nitrogens with zero attached hydrogens (tertiary/aromatic N) is 2. The number of likely N-dealkylation sites (tertiary alicyclic amines) is 1. The summed E-state index contributed by atoms with van der Waals surface area (Å²) >= 11 is 0. The van der Waals surface area contributed by atoms with Gasteiger partial charge < -0.3 is 31.0 Å². The van der Waals surface area contributed by atoms with Gasteiger partial charge in [-0.3, -0.25) is 9.69 Å². The number of anilines is 2. The Balaban J connectivity index is 1.69. The van der Waals surface area contributed by atoms with Crippen LogP contribution in [0.1, 0.15) is 32.3 Å². The number of carboxylic acid groups (broad SMARTS) is 1. The predicted molar refractivity (Wildman–Crippen MR) is 148 cm³/mol. The number of carbonyl (C=O) groups is 1. The second-order valence-electron chi connectivity index (χ2n) is 9.14. The molecule has 2 heterocycles. The number of aromatic amines is 1. The zero-order valence-electron chi connectivity index (χ0n) is 21.6. The monoisotopic (exact) mass is 519 g/mol. The smallest absolute Gasteiger partial charge is 0.331 e. The van der Waals surface area contributed by atoms with E-state index in [9.17, 15) is 14.7 Å². The van der Waals surface area contributed by atoms with Gasteiger partial charge in [0, 0.05) is 17.7 Å². The molecule has 4 rings (SSSR count). The molecular formula is C28H33N5O5. The van der Waals surface area contributed by atoms with Crippen molar-refractivity contribution in [3.63, 3.8) is 0 Å². The summed E-state index contributed by atoms with van der Waals surface area (Å²) in [5.41, 5.74) is 13.9. The van der Waals surface area contributed by atoms with Crippen LogP contribution in [0.2, 0.25) is 0 Å². The van der Waals surface area contributed by atoms with Crippen molar-refractivity contribution in [1.82, 2.24) is 14.9 Å². The third-order valence-electron chi connectivity index (χ3n) is 6.44. The molecular weight excluding hydrogens is 486 g/mol. The van der Waals surface area contributed by atoms with E-state index in [1.807, 2.05) is 37.3 Å².